The van der Waals surface area contributed by atoms with E-state index >= 15 is 0 Å². The van der Waals surface area contributed by atoms with Crippen LogP contribution in [0.25, 0.3) is 10.9 Å². The molecule has 1 amide bonds. The van der Waals surface area contributed by atoms with Gasteiger partial charge in [-0.1, -0.05) is 12.1 Å². The average molecular weight is 436 g/mol. The molecule has 1 aliphatic heterocycles. The molecule has 32 heavy (non-hydrogen) atoms. The van der Waals surface area contributed by atoms with Crippen LogP contribution in [0.2, 0.25) is 0 Å². The van der Waals surface area contributed by atoms with Crippen LogP contribution in [0.3, 0.4) is 0 Å². The number of anilines is 2. The number of pyridine rings is 1. The topological polar surface area (TPSA) is 110 Å². The minimum absolute atomic E-state index is 0.0976. The van der Waals surface area contributed by atoms with E-state index in [0.717, 1.165) is 23.0 Å². The third-order valence-corrected chi connectivity index (χ3v) is 5.40. The summed E-state index contributed by atoms with van der Waals surface area (Å²) in [5.41, 5.74) is 8.49. The van der Waals surface area contributed by atoms with Gasteiger partial charge in [0.2, 0.25) is 0 Å². The molecule has 4 rings (SSSR count). The van der Waals surface area contributed by atoms with Gasteiger partial charge in [-0.3, -0.25) is 15.0 Å². The maximum absolute atomic E-state index is 13.0. The largest absolute Gasteiger partial charge is 0.492 e. The molecule has 0 unspecified atom stereocenters. The van der Waals surface area contributed by atoms with Crippen LogP contribution in [-0.4, -0.2) is 43.2 Å². The normalized spacial score (nSPS) is 14.7. The molecule has 8 nitrogen and oxygen atoms in total. The monoisotopic (exact) mass is 435 g/mol. The molecule has 1 aromatic heterocycles. The number of aliphatic imine (C=N–C) groups is 1. The SMILES string of the molecule is CCOc1cc(N)c(C=NC2CCOCC2)cc1NC(=O)c1ccc2ccccc2[n+]1O. The van der Waals surface area contributed by atoms with Crippen molar-refractivity contribution < 1.29 is 24.2 Å². The highest BCUT2D eigenvalue weighted by Crippen LogP contribution is 2.30. The van der Waals surface area contributed by atoms with Gasteiger partial charge in [-0.15, -0.1) is 0 Å². The summed E-state index contributed by atoms with van der Waals surface area (Å²) in [5, 5.41) is 14.2. The van der Waals surface area contributed by atoms with E-state index in [1.165, 1.54) is 0 Å². The first-order valence-electron chi connectivity index (χ1n) is 10.7. The minimum Gasteiger partial charge on any atom is -0.492 e. The Labute approximate surface area is 186 Å². The number of amides is 1. The molecule has 0 spiro atoms. The van der Waals surface area contributed by atoms with E-state index in [1.807, 2.05) is 19.1 Å². The highest BCUT2D eigenvalue weighted by Gasteiger charge is 2.24. The summed E-state index contributed by atoms with van der Waals surface area (Å²) in [6.45, 7) is 3.67. The van der Waals surface area contributed by atoms with Crippen LogP contribution >= 0.6 is 0 Å². The highest BCUT2D eigenvalue weighted by atomic mass is 16.5. The van der Waals surface area contributed by atoms with Crippen molar-refractivity contribution in [1.82, 2.24) is 0 Å². The van der Waals surface area contributed by atoms with Crippen LogP contribution in [-0.2, 0) is 4.74 Å². The molecule has 0 atom stereocenters. The second-order valence-corrected chi connectivity index (χ2v) is 7.58. The first kappa shape index (κ1) is 21.6. The predicted molar refractivity (Wildman–Crippen MR) is 123 cm³/mol. The van der Waals surface area contributed by atoms with Crippen LogP contribution in [0.15, 0.2) is 53.5 Å². The smallest absolute Gasteiger partial charge is 0.325 e. The van der Waals surface area contributed by atoms with Gasteiger partial charge in [0, 0.05) is 53.6 Å². The Morgan fingerprint density at radius 3 is 2.84 bits per heavy atom. The highest BCUT2D eigenvalue weighted by molar-refractivity contribution is 6.04. The molecular weight excluding hydrogens is 408 g/mol. The summed E-state index contributed by atoms with van der Waals surface area (Å²) in [5.74, 6) is -0.0249. The Morgan fingerprint density at radius 2 is 2.06 bits per heavy atom. The Kier molecular flexibility index (Phi) is 6.51. The number of aromatic nitrogens is 1. The first-order valence-corrected chi connectivity index (χ1v) is 10.7. The lowest BCUT2D eigenvalue weighted by Crippen LogP contribution is -2.40. The molecular formula is C24H27N4O4+. The number of rotatable bonds is 6. The molecule has 0 bridgehead atoms. The molecule has 2 heterocycles. The van der Waals surface area contributed by atoms with Crippen molar-refractivity contribution >= 4 is 34.4 Å². The lowest BCUT2D eigenvalue weighted by molar-refractivity contribution is -0.885. The Balaban J connectivity index is 1.63. The molecule has 8 heteroatoms. The number of hydrogen-bond donors (Lipinski definition) is 3. The first-order chi connectivity index (χ1) is 15.6. The summed E-state index contributed by atoms with van der Waals surface area (Å²) < 4.78 is 11.9. The summed E-state index contributed by atoms with van der Waals surface area (Å²) >= 11 is 0. The maximum atomic E-state index is 13.0. The van der Waals surface area contributed by atoms with Crippen molar-refractivity contribution in [2.45, 2.75) is 25.8 Å². The second kappa shape index (κ2) is 9.65. The van der Waals surface area contributed by atoms with Crippen molar-refractivity contribution in [3.63, 3.8) is 0 Å². The molecule has 2 aromatic carbocycles. The Morgan fingerprint density at radius 1 is 1.28 bits per heavy atom. The number of nitrogens with two attached hydrogens (primary N) is 1. The van der Waals surface area contributed by atoms with Gasteiger partial charge in [0.1, 0.15) is 5.75 Å². The summed E-state index contributed by atoms with van der Waals surface area (Å²) in [6, 6.07) is 14.2. The fourth-order valence-corrected chi connectivity index (χ4v) is 3.67. The zero-order valence-corrected chi connectivity index (χ0v) is 18.0. The van der Waals surface area contributed by atoms with Crippen molar-refractivity contribution in [3.8, 4) is 5.75 Å². The lowest BCUT2D eigenvalue weighted by Gasteiger charge is -2.18. The van der Waals surface area contributed by atoms with Crippen LogP contribution in [0.4, 0.5) is 11.4 Å². The quantitative estimate of drug-likeness (QED) is 0.238. The summed E-state index contributed by atoms with van der Waals surface area (Å²) in [6.07, 6.45) is 3.48. The molecule has 1 aliphatic rings. The van der Waals surface area contributed by atoms with Gasteiger partial charge in [-0.25, -0.2) is 0 Å². The Bertz CT molecular complexity index is 1160. The van der Waals surface area contributed by atoms with Gasteiger partial charge in [0.15, 0.2) is 0 Å². The fourth-order valence-electron chi connectivity index (χ4n) is 3.67. The van der Waals surface area contributed by atoms with Crippen molar-refractivity contribution in [2.75, 3.05) is 30.9 Å². The van der Waals surface area contributed by atoms with Gasteiger partial charge < -0.3 is 20.5 Å². The van der Waals surface area contributed by atoms with Crippen LogP contribution in [0, 0.1) is 0 Å². The number of hydrogen-bond acceptors (Lipinski definition) is 6. The van der Waals surface area contributed by atoms with Crippen LogP contribution < -0.4 is 20.5 Å². The number of ether oxygens (including phenoxy) is 2. The third-order valence-electron chi connectivity index (χ3n) is 5.40. The number of nitrogens with one attached hydrogen (secondary N) is 1. The van der Waals surface area contributed by atoms with Crippen LogP contribution in [0.1, 0.15) is 35.8 Å². The number of fused-ring (bicyclic) bond motifs is 1. The van der Waals surface area contributed by atoms with E-state index in [2.05, 4.69) is 10.3 Å². The third kappa shape index (κ3) is 4.65. The Hall–Kier alpha value is -3.65. The molecule has 0 saturated carbocycles. The van der Waals surface area contributed by atoms with Crippen molar-refractivity contribution in [2.24, 2.45) is 4.99 Å². The zero-order chi connectivity index (χ0) is 22.5. The summed E-state index contributed by atoms with van der Waals surface area (Å²) in [4.78, 5) is 17.6. The molecule has 1 fully saturated rings. The van der Waals surface area contributed by atoms with Gasteiger partial charge in [0.25, 0.3) is 5.52 Å². The van der Waals surface area contributed by atoms with E-state index in [-0.39, 0.29) is 11.7 Å². The van der Waals surface area contributed by atoms with Gasteiger partial charge in [0.05, 0.1) is 23.7 Å². The average Bonchev–Trinajstić information content (AvgIpc) is 2.81. The van der Waals surface area contributed by atoms with E-state index in [1.54, 1.807) is 42.6 Å². The minimum atomic E-state index is -0.476. The number of carbonyl (C=O) groups is 1. The molecule has 1 saturated heterocycles. The number of benzene rings is 2. The number of para-hydroxylation sites is 1. The fraction of sp³-hybridized carbons (Fsp3) is 0.292. The van der Waals surface area contributed by atoms with E-state index in [0.29, 0.717) is 48.0 Å². The predicted octanol–water partition coefficient (Wildman–Crippen LogP) is 3.20. The molecule has 0 radical (unpaired) electrons. The summed E-state index contributed by atoms with van der Waals surface area (Å²) in [7, 11) is 0. The molecule has 0 aliphatic carbocycles. The van der Waals surface area contributed by atoms with Crippen LogP contribution in [0.5, 0.6) is 5.75 Å². The standard InChI is InChI=1S/C24H26N4O4/c1-2-32-23-14-19(25)17(15-26-18-9-11-31-12-10-18)13-20(23)27-24(29)22-8-7-16-5-3-4-6-21(16)28(22)30/h3-8,13-15,18,25,29-30H,2,9-12H2,1H3/p+1. The number of carbonyl (C=O) groups excluding carboxylic acids is 1. The lowest BCUT2D eigenvalue weighted by atomic mass is 10.1. The van der Waals surface area contributed by atoms with Crippen molar-refractivity contribution in [1.29, 1.82) is 0 Å². The zero-order valence-electron chi connectivity index (χ0n) is 18.0. The molecule has 166 valence electrons. The maximum Gasteiger partial charge on any atom is 0.325 e. The molecule has 4 N–H and O–H groups in total. The van der Waals surface area contributed by atoms with E-state index in [4.69, 9.17) is 15.2 Å². The second-order valence-electron chi connectivity index (χ2n) is 7.58. The van der Waals surface area contributed by atoms with Gasteiger partial charge >= 0.3 is 11.6 Å². The van der Waals surface area contributed by atoms with Gasteiger partial charge in [-0.05, 0) is 38.0 Å². The molecule has 3 aromatic rings. The number of nitrogens with zero attached hydrogens (tertiary/aromatic N) is 2. The number of nitrogen functional groups attached to an aromatic ring is 1. The van der Waals surface area contributed by atoms with Crippen molar-refractivity contribution in [3.05, 3.63) is 59.8 Å². The van der Waals surface area contributed by atoms with E-state index < -0.39 is 5.91 Å². The van der Waals surface area contributed by atoms with E-state index in [9.17, 15) is 10.0 Å². The van der Waals surface area contributed by atoms with Gasteiger partial charge in [-0.2, -0.15) is 0 Å².